The number of fused-ring (bicyclic) bond motifs is 1. The molecule has 2 rings (SSSR count). The Morgan fingerprint density at radius 2 is 2.30 bits per heavy atom. The van der Waals surface area contributed by atoms with Gasteiger partial charge in [0.25, 0.3) is 0 Å². The van der Waals surface area contributed by atoms with E-state index in [0.717, 1.165) is 30.5 Å². The molecule has 20 heavy (non-hydrogen) atoms. The van der Waals surface area contributed by atoms with Gasteiger partial charge in [-0.25, -0.2) is 4.98 Å². The van der Waals surface area contributed by atoms with Crippen LogP contribution in [0.15, 0.2) is 24.5 Å². The second-order valence-corrected chi connectivity index (χ2v) is 4.82. The molecule has 0 spiro atoms. The summed E-state index contributed by atoms with van der Waals surface area (Å²) in [6.45, 7) is 4.65. The highest BCUT2D eigenvalue weighted by Crippen LogP contribution is 2.19. The molecule has 0 radical (unpaired) electrons. The molecule has 0 saturated carbocycles. The average Bonchev–Trinajstić information content (AvgIpc) is 2.83. The fraction of sp³-hybridized carbons (Fsp3) is 0.467. The lowest BCUT2D eigenvalue weighted by molar-refractivity contribution is -0.120. The van der Waals surface area contributed by atoms with Crippen LogP contribution < -0.4 is 10.6 Å². The number of amides is 1. The highest BCUT2D eigenvalue weighted by atomic mass is 16.1. The van der Waals surface area contributed by atoms with Crippen molar-refractivity contribution in [1.29, 1.82) is 0 Å². The number of nitrogens with one attached hydrogen (secondary N) is 2. The van der Waals surface area contributed by atoms with Crippen LogP contribution in [-0.2, 0) is 17.9 Å². The highest BCUT2D eigenvalue weighted by Gasteiger charge is 2.09. The maximum atomic E-state index is 11.4. The van der Waals surface area contributed by atoms with Gasteiger partial charge in [0.15, 0.2) is 0 Å². The molecular weight excluding hydrogens is 252 g/mol. The largest absolute Gasteiger partial charge is 0.359 e. The van der Waals surface area contributed by atoms with E-state index in [0.29, 0.717) is 13.0 Å². The van der Waals surface area contributed by atoms with E-state index in [9.17, 15) is 4.79 Å². The van der Waals surface area contributed by atoms with Gasteiger partial charge in [0.2, 0.25) is 5.91 Å². The zero-order chi connectivity index (χ0) is 14.4. The van der Waals surface area contributed by atoms with Crippen molar-refractivity contribution in [1.82, 2.24) is 20.2 Å². The molecule has 5 nitrogen and oxygen atoms in total. The smallest absolute Gasteiger partial charge is 0.221 e. The van der Waals surface area contributed by atoms with E-state index in [1.807, 2.05) is 6.07 Å². The number of aryl methyl sites for hydroxylation is 1. The SMILES string of the molecule is CCCNCc1cn(CCC(=O)NC)c2ncccc12. The molecule has 0 atom stereocenters. The predicted molar refractivity (Wildman–Crippen MR) is 80.4 cm³/mol. The Bertz CT molecular complexity index is 576. The van der Waals surface area contributed by atoms with Crippen molar-refractivity contribution in [2.75, 3.05) is 13.6 Å². The van der Waals surface area contributed by atoms with Crippen LogP contribution in [0.2, 0.25) is 0 Å². The number of carbonyl (C=O) groups excluding carboxylic acids is 1. The van der Waals surface area contributed by atoms with Crippen LogP contribution in [-0.4, -0.2) is 29.1 Å². The van der Waals surface area contributed by atoms with Gasteiger partial charge in [0.05, 0.1) is 0 Å². The molecule has 0 aliphatic heterocycles. The van der Waals surface area contributed by atoms with Gasteiger partial charge in [-0.15, -0.1) is 0 Å². The predicted octanol–water partition coefficient (Wildman–Crippen LogP) is 1.67. The molecule has 2 N–H and O–H groups in total. The molecule has 0 aliphatic carbocycles. The third-order valence-electron chi connectivity index (χ3n) is 3.32. The van der Waals surface area contributed by atoms with E-state index in [-0.39, 0.29) is 5.91 Å². The standard InChI is InChI=1S/C15H22N4O/c1-3-7-17-10-12-11-19(9-6-14(20)16-2)15-13(12)5-4-8-18-15/h4-5,8,11,17H,3,6-7,9-10H2,1-2H3,(H,16,20). The summed E-state index contributed by atoms with van der Waals surface area (Å²) >= 11 is 0. The van der Waals surface area contributed by atoms with Gasteiger partial charge in [-0.1, -0.05) is 6.92 Å². The van der Waals surface area contributed by atoms with Crippen molar-refractivity contribution in [2.24, 2.45) is 0 Å². The number of hydrogen-bond acceptors (Lipinski definition) is 3. The van der Waals surface area contributed by atoms with Gasteiger partial charge in [-0.05, 0) is 30.7 Å². The first kappa shape index (κ1) is 14.5. The maximum Gasteiger partial charge on any atom is 0.221 e. The van der Waals surface area contributed by atoms with Crippen LogP contribution in [0.1, 0.15) is 25.3 Å². The topological polar surface area (TPSA) is 59.0 Å². The summed E-state index contributed by atoms with van der Waals surface area (Å²) in [6.07, 6.45) is 5.48. The molecule has 2 aromatic heterocycles. The van der Waals surface area contributed by atoms with Gasteiger partial charge in [-0.2, -0.15) is 0 Å². The van der Waals surface area contributed by atoms with Crippen LogP contribution in [0.25, 0.3) is 11.0 Å². The Morgan fingerprint density at radius 1 is 1.45 bits per heavy atom. The Hall–Kier alpha value is -1.88. The van der Waals surface area contributed by atoms with Crippen molar-refractivity contribution in [3.05, 3.63) is 30.1 Å². The van der Waals surface area contributed by atoms with E-state index in [1.165, 1.54) is 5.56 Å². The monoisotopic (exact) mass is 274 g/mol. The van der Waals surface area contributed by atoms with Crippen LogP contribution in [0.5, 0.6) is 0 Å². The van der Waals surface area contributed by atoms with E-state index < -0.39 is 0 Å². The molecule has 0 aromatic carbocycles. The van der Waals surface area contributed by atoms with E-state index in [1.54, 1.807) is 13.2 Å². The molecule has 1 amide bonds. The first-order valence-corrected chi connectivity index (χ1v) is 7.10. The van der Waals surface area contributed by atoms with Gasteiger partial charge >= 0.3 is 0 Å². The Kier molecular flexibility index (Phi) is 5.12. The molecule has 2 aromatic rings. The fourth-order valence-electron chi connectivity index (χ4n) is 2.25. The summed E-state index contributed by atoms with van der Waals surface area (Å²) in [6, 6.07) is 4.04. The summed E-state index contributed by atoms with van der Waals surface area (Å²) < 4.78 is 2.06. The lowest BCUT2D eigenvalue weighted by atomic mass is 10.2. The minimum absolute atomic E-state index is 0.0495. The van der Waals surface area contributed by atoms with E-state index in [2.05, 4.69) is 39.4 Å². The number of nitrogens with zero attached hydrogens (tertiary/aromatic N) is 2. The minimum atomic E-state index is 0.0495. The molecule has 0 aliphatic rings. The summed E-state index contributed by atoms with van der Waals surface area (Å²) in [4.78, 5) is 15.8. The normalized spacial score (nSPS) is 10.9. The Balaban J connectivity index is 2.19. The van der Waals surface area contributed by atoms with Gasteiger partial charge in [-0.3, -0.25) is 4.79 Å². The number of aromatic nitrogens is 2. The molecule has 0 saturated heterocycles. The molecule has 2 heterocycles. The second-order valence-electron chi connectivity index (χ2n) is 4.82. The highest BCUT2D eigenvalue weighted by molar-refractivity contribution is 5.81. The van der Waals surface area contributed by atoms with E-state index in [4.69, 9.17) is 0 Å². The lowest BCUT2D eigenvalue weighted by Gasteiger charge is -2.03. The van der Waals surface area contributed by atoms with Crippen molar-refractivity contribution in [3.63, 3.8) is 0 Å². The van der Waals surface area contributed by atoms with Gasteiger partial charge in [0, 0.05) is 44.3 Å². The molecule has 5 heteroatoms. The summed E-state index contributed by atoms with van der Waals surface area (Å²) in [5.74, 6) is 0.0495. The van der Waals surface area contributed by atoms with Crippen LogP contribution >= 0.6 is 0 Å². The second kappa shape index (κ2) is 7.05. The van der Waals surface area contributed by atoms with Crippen molar-refractivity contribution in [2.45, 2.75) is 32.9 Å². The number of hydrogen-bond donors (Lipinski definition) is 2. The number of rotatable bonds is 7. The zero-order valence-electron chi connectivity index (χ0n) is 12.1. The first-order chi connectivity index (χ1) is 9.76. The minimum Gasteiger partial charge on any atom is -0.359 e. The number of pyridine rings is 1. The van der Waals surface area contributed by atoms with E-state index >= 15 is 0 Å². The van der Waals surface area contributed by atoms with Crippen molar-refractivity contribution in [3.8, 4) is 0 Å². The van der Waals surface area contributed by atoms with Crippen molar-refractivity contribution < 1.29 is 4.79 Å². The third kappa shape index (κ3) is 3.36. The summed E-state index contributed by atoms with van der Waals surface area (Å²) in [7, 11) is 1.66. The summed E-state index contributed by atoms with van der Waals surface area (Å²) in [5.41, 5.74) is 2.18. The molecule has 0 unspecified atom stereocenters. The van der Waals surface area contributed by atoms with Crippen LogP contribution in [0.3, 0.4) is 0 Å². The maximum absolute atomic E-state index is 11.4. The third-order valence-corrected chi connectivity index (χ3v) is 3.32. The van der Waals surface area contributed by atoms with Crippen LogP contribution in [0, 0.1) is 0 Å². The molecule has 0 bridgehead atoms. The van der Waals surface area contributed by atoms with Crippen molar-refractivity contribution >= 4 is 16.9 Å². The first-order valence-electron chi connectivity index (χ1n) is 7.10. The number of carbonyl (C=O) groups is 1. The van der Waals surface area contributed by atoms with Crippen LogP contribution in [0.4, 0.5) is 0 Å². The molecule has 0 fully saturated rings. The summed E-state index contributed by atoms with van der Waals surface area (Å²) in [5, 5.41) is 7.22. The van der Waals surface area contributed by atoms with Gasteiger partial charge < -0.3 is 15.2 Å². The molecular formula is C15H22N4O. The zero-order valence-corrected chi connectivity index (χ0v) is 12.1. The Morgan fingerprint density at radius 3 is 3.05 bits per heavy atom. The molecule has 108 valence electrons. The fourth-order valence-corrected chi connectivity index (χ4v) is 2.25. The lowest BCUT2D eigenvalue weighted by Crippen LogP contribution is -2.19. The Labute approximate surface area is 119 Å². The van der Waals surface area contributed by atoms with Gasteiger partial charge in [0.1, 0.15) is 5.65 Å². The average molecular weight is 274 g/mol. The quantitative estimate of drug-likeness (QED) is 0.755.